The summed E-state index contributed by atoms with van der Waals surface area (Å²) in [7, 11) is 0. The van der Waals surface area contributed by atoms with Gasteiger partial charge in [-0.25, -0.2) is 4.79 Å². The van der Waals surface area contributed by atoms with Gasteiger partial charge in [-0.05, 0) is 44.5 Å². The molecule has 1 aromatic heterocycles. The van der Waals surface area contributed by atoms with Gasteiger partial charge < -0.3 is 19.1 Å². The third-order valence-corrected chi connectivity index (χ3v) is 3.59. The molecule has 0 bridgehead atoms. The second kappa shape index (κ2) is 8.19. The van der Waals surface area contributed by atoms with Crippen LogP contribution < -0.4 is 10.2 Å². The van der Waals surface area contributed by atoms with Crippen LogP contribution in [0.15, 0.2) is 41.3 Å². The molecule has 2 aromatic rings. The summed E-state index contributed by atoms with van der Waals surface area (Å²) in [6, 6.07) is 8.10. The van der Waals surface area contributed by atoms with Gasteiger partial charge in [0.05, 0.1) is 24.5 Å². The Hall–Kier alpha value is -2.76. The lowest BCUT2D eigenvalue weighted by Crippen LogP contribution is -2.12. The molecule has 24 heavy (non-hydrogen) atoms. The Balaban J connectivity index is 1.82. The molecule has 0 fully saturated rings. The summed E-state index contributed by atoms with van der Waals surface area (Å²) < 4.78 is 12.3. The molecule has 0 aliphatic rings. The molecule has 0 unspecified atom stereocenters. The van der Waals surface area contributed by atoms with Crippen LogP contribution in [0.4, 0.5) is 0 Å². The van der Waals surface area contributed by atoms with Crippen molar-refractivity contribution in [2.75, 3.05) is 13.2 Å². The maximum Gasteiger partial charge on any atom is 0.338 e. The average Bonchev–Trinajstić information content (AvgIpc) is 2.59. The summed E-state index contributed by atoms with van der Waals surface area (Å²) in [4.78, 5) is 23.2. The summed E-state index contributed by atoms with van der Waals surface area (Å²) in [6.07, 6.45) is 2.19. The molecule has 6 nitrogen and oxygen atoms in total. The molecule has 128 valence electrons. The Morgan fingerprint density at radius 3 is 2.58 bits per heavy atom. The van der Waals surface area contributed by atoms with Gasteiger partial charge in [-0.2, -0.15) is 0 Å². The van der Waals surface area contributed by atoms with Crippen LogP contribution in [0.25, 0.3) is 0 Å². The van der Waals surface area contributed by atoms with E-state index in [1.54, 1.807) is 42.0 Å². The predicted octanol–water partition coefficient (Wildman–Crippen LogP) is 2.51. The number of benzene rings is 1. The Labute approximate surface area is 140 Å². The third kappa shape index (κ3) is 4.38. The molecule has 1 N–H and O–H groups in total. The number of ether oxygens (including phenoxy) is 2. The SMILES string of the molecule is CCOc1ccc(C(=O)OCCCn2ccc(=O)c(O)c2C)cc1. The van der Waals surface area contributed by atoms with Gasteiger partial charge in [0.25, 0.3) is 0 Å². The summed E-state index contributed by atoms with van der Waals surface area (Å²) in [5.41, 5.74) is 0.571. The molecule has 0 saturated heterocycles. The van der Waals surface area contributed by atoms with E-state index in [-0.39, 0.29) is 12.4 Å². The zero-order valence-corrected chi connectivity index (χ0v) is 13.8. The van der Waals surface area contributed by atoms with Crippen LogP contribution in [-0.4, -0.2) is 28.9 Å². The molecular formula is C18H21NO5. The summed E-state index contributed by atoms with van der Waals surface area (Å²) in [6.45, 7) is 4.92. The van der Waals surface area contributed by atoms with Crippen molar-refractivity contribution in [3.8, 4) is 11.5 Å². The van der Waals surface area contributed by atoms with Gasteiger partial charge in [0, 0.05) is 18.8 Å². The molecule has 0 aliphatic heterocycles. The number of esters is 1. The van der Waals surface area contributed by atoms with Crippen LogP contribution in [-0.2, 0) is 11.3 Å². The number of hydrogen-bond donors (Lipinski definition) is 1. The van der Waals surface area contributed by atoms with E-state index in [2.05, 4.69) is 0 Å². The molecule has 0 radical (unpaired) electrons. The maximum atomic E-state index is 11.9. The highest BCUT2D eigenvalue weighted by molar-refractivity contribution is 5.89. The summed E-state index contributed by atoms with van der Waals surface area (Å²) in [5, 5.41) is 9.61. The van der Waals surface area contributed by atoms with Crippen molar-refractivity contribution in [3.05, 3.63) is 58.0 Å². The fraction of sp³-hybridized carbons (Fsp3) is 0.333. The predicted molar refractivity (Wildman–Crippen MR) is 89.6 cm³/mol. The molecular weight excluding hydrogens is 310 g/mol. The van der Waals surface area contributed by atoms with E-state index in [0.717, 1.165) is 0 Å². The number of nitrogens with zero attached hydrogens (tertiary/aromatic N) is 1. The van der Waals surface area contributed by atoms with Crippen molar-refractivity contribution in [1.82, 2.24) is 4.57 Å². The Bertz CT molecular complexity index is 749. The molecule has 1 aromatic carbocycles. The Kier molecular flexibility index (Phi) is 6.01. The summed E-state index contributed by atoms with van der Waals surface area (Å²) in [5.74, 6) is 0.0731. The van der Waals surface area contributed by atoms with Gasteiger partial charge in [-0.3, -0.25) is 4.79 Å². The van der Waals surface area contributed by atoms with Crippen molar-refractivity contribution in [3.63, 3.8) is 0 Å². The largest absolute Gasteiger partial charge is 0.503 e. The minimum atomic E-state index is -0.398. The van der Waals surface area contributed by atoms with E-state index in [1.807, 2.05) is 6.92 Å². The van der Waals surface area contributed by atoms with Gasteiger partial charge in [0.2, 0.25) is 5.43 Å². The molecule has 0 atom stereocenters. The first-order valence-corrected chi connectivity index (χ1v) is 7.82. The lowest BCUT2D eigenvalue weighted by molar-refractivity contribution is 0.0495. The van der Waals surface area contributed by atoms with E-state index in [1.165, 1.54) is 6.07 Å². The van der Waals surface area contributed by atoms with Crippen molar-refractivity contribution in [2.24, 2.45) is 0 Å². The van der Waals surface area contributed by atoms with E-state index in [4.69, 9.17) is 9.47 Å². The number of pyridine rings is 1. The Morgan fingerprint density at radius 1 is 1.21 bits per heavy atom. The van der Waals surface area contributed by atoms with Gasteiger partial charge in [-0.15, -0.1) is 0 Å². The highest BCUT2D eigenvalue weighted by atomic mass is 16.5. The fourth-order valence-electron chi connectivity index (χ4n) is 2.24. The average molecular weight is 331 g/mol. The smallest absolute Gasteiger partial charge is 0.338 e. The first-order valence-electron chi connectivity index (χ1n) is 7.82. The van der Waals surface area contributed by atoms with Crippen molar-refractivity contribution < 1.29 is 19.4 Å². The van der Waals surface area contributed by atoms with Crippen molar-refractivity contribution in [1.29, 1.82) is 0 Å². The highest BCUT2D eigenvalue weighted by Gasteiger charge is 2.08. The van der Waals surface area contributed by atoms with Crippen LogP contribution in [0.3, 0.4) is 0 Å². The van der Waals surface area contributed by atoms with E-state index in [9.17, 15) is 14.7 Å². The van der Waals surface area contributed by atoms with Gasteiger partial charge in [0.15, 0.2) is 5.75 Å². The van der Waals surface area contributed by atoms with Gasteiger partial charge >= 0.3 is 5.97 Å². The topological polar surface area (TPSA) is 77.8 Å². The minimum absolute atomic E-state index is 0.246. The molecule has 0 amide bonds. The molecule has 0 saturated carbocycles. The standard InChI is InChI=1S/C18H21NO5/c1-3-23-15-7-5-14(6-8-15)18(22)24-12-4-10-19-11-9-16(20)17(21)13(19)2/h5-9,11,21H,3-4,10,12H2,1-2H3. The zero-order valence-electron chi connectivity index (χ0n) is 13.8. The lowest BCUT2D eigenvalue weighted by Gasteiger charge is -2.11. The lowest BCUT2D eigenvalue weighted by atomic mass is 10.2. The molecule has 2 rings (SSSR count). The van der Waals surface area contributed by atoms with E-state index < -0.39 is 11.4 Å². The highest BCUT2D eigenvalue weighted by Crippen LogP contribution is 2.13. The van der Waals surface area contributed by atoms with Crippen molar-refractivity contribution in [2.45, 2.75) is 26.8 Å². The summed E-state index contributed by atoms with van der Waals surface area (Å²) >= 11 is 0. The third-order valence-electron chi connectivity index (χ3n) is 3.59. The number of hydrogen-bond acceptors (Lipinski definition) is 5. The molecule has 0 aliphatic carbocycles. The van der Waals surface area contributed by atoms with Crippen molar-refractivity contribution >= 4 is 5.97 Å². The maximum absolute atomic E-state index is 11.9. The van der Waals surface area contributed by atoms with Crippen LogP contribution in [0.2, 0.25) is 0 Å². The van der Waals surface area contributed by atoms with Crippen LogP contribution in [0.1, 0.15) is 29.4 Å². The first kappa shape index (κ1) is 17.6. The molecule has 1 heterocycles. The van der Waals surface area contributed by atoms with Gasteiger partial charge in [-0.1, -0.05) is 0 Å². The second-order valence-electron chi connectivity index (χ2n) is 5.25. The number of aromatic hydroxyl groups is 1. The number of aromatic nitrogens is 1. The van der Waals surface area contributed by atoms with Crippen LogP contribution >= 0.6 is 0 Å². The normalized spacial score (nSPS) is 10.4. The monoisotopic (exact) mass is 331 g/mol. The quantitative estimate of drug-likeness (QED) is 0.623. The number of carbonyl (C=O) groups is 1. The van der Waals surface area contributed by atoms with Crippen LogP contribution in [0, 0.1) is 6.92 Å². The number of rotatable bonds is 7. The fourth-order valence-corrected chi connectivity index (χ4v) is 2.24. The van der Waals surface area contributed by atoms with Gasteiger partial charge in [0.1, 0.15) is 5.75 Å². The minimum Gasteiger partial charge on any atom is -0.503 e. The molecule has 6 heteroatoms. The zero-order chi connectivity index (χ0) is 17.5. The first-order chi connectivity index (χ1) is 11.5. The van der Waals surface area contributed by atoms with Crippen LogP contribution in [0.5, 0.6) is 11.5 Å². The molecule has 0 spiro atoms. The number of aryl methyl sites for hydroxylation is 1. The van der Waals surface area contributed by atoms with E-state index >= 15 is 0 Å². The second-order valence-corrected chi connectivity index (χ2v) is 5.25. The Morgan fingerprint density at radius 2 is 1.92 bits per heavy atom. The van der Waals surface area contributed by atoms with E-state index in [0.29, 0.717) is 36.6 Å². The number of carbonyl (C=O) groups excluding carboxylic acids is 1.